The number of hydrogen-bond donors (Lipinski definition) is 4. The Kier molecular flexibility index (Phi) is 9.47. The van der Waals surface area contributed by atoms with E-state index in [4.69, 9.17) is 20.9 Å². The zero-order valence-electron chi connectivity index (χ0n) is 23.4. The maximum atomic E-state index is 12.2. The van der Waals surface area contributed by atoms with E-state index in [9.17, 15) is 9.59 Å². The lowest BCUT2D eigenvalue weighted by molar-refractivity contribution is -0.124. The van der Waals surface area contributed by atoms with Crippen LogP contribution < -0.4 is 31.6 Å². The quantitative estimate of drug-likeness (QED) is 0.191. The number of benzene rings is 4. The van der Waals surface area contributed by atoms with Crippen LogP contribution in [0.3, 0.4) is 0 Å². The predicted molar refractivity (Wildman–Crippen MR) is 161 cm³/mol. The Morgan fingerprint density at radius 1 is 0.585 bits per heavy atom. The number of nitrogens with one attached hydrogen (secondary N) is 2. The maximum Gasteiger partial charge on any atom is 0.258 e. The second kappa shape index (κ2) is 13.4. The maximum absolute atomic E-state index is 12.2. The summed E-state index contributed by atoms with van der Waals surface area (Å²) in [5, 5.41) is 5.68. The van der Waals surface area contributed by atoms with Gasteiger partial charge in [-0.3, -0.25) is 9.59 Å². The van der Waals surface area contributed by atoms with Crippen LogP contribution in [-0.4, -0.2) is 25.0 Å². The molecule has 0 saturated carbocycles. The van der Waals surface area contributed by atoms with Crippen LogP contribution in [0.15, 0.2) is 97.1 Å². The zero-order valence-corrected chi connectivity index (χ0v) is 23.4. The first-order valence-corrected chi connectivity index (χ1v) is 13.4. The third-order valence-corrected chi connectivity index (χ3v) is 6.83. The van der Waals surface area contributed by atoms with Crippen molar-refractivity contribution in [2.45, 2.75) is 32.4 Å². The molecule has 0 radical (unpaired) electrons. The molecule has 0 fully saturated rings. The number of hydrogen-bond acceptors (Lipinski definition) is 6. The van der Waals surface area contributed by atoms with Gasteiger partial charge >= 0.3 is 0 Å². The molecule has 0 saturated heterocycles. The standard InChI is InChI=1S/C33H36N4O4/c1-33(2,25-7-15-29(16-8-25)40-21-31(38)36-19-23-3-11-27(34)12-4-23)26-9-17-30(18-10-26)41-22-32(39)37-20-24-5-13-28(35)14-6-24/h3-18H,19-22,34-35H2,1-2H3,(H,36,38)(H,37,39). The van der Waals surface area contributed by atoms with Gasteiger partial charge in [-0.15, -0.1) is 0 Å². The van der Waals surface area contributed by atoms with Crippen LogP contribution >= 0.6 is 0 Å². The Labute approximate surface area is 240 Å². The first kappa shape index (κ1) is 29.0. The second-order valence-electron chi connectivity index (χ2n) is 10.3. The van der Waals surface area contributed by atoms with Crippen molar-refractivity contribution in [3.05, 3.63) is 119 Å². The zero-order chi connectivity index (χ0) is 29.2. The highest BCUT2D eigenvalue weighted by Gasteiger charge is 2.23. The molecular formula is C33H36N4O4. The van der Waals surface area contributed by atoms with E-state index in [1.807, 2.05) is 72.8 Å². The van der Waals surface area contributed by atoms with Gasteiger partial charge in [0, 0.05) is 29.9 Å². The van der Waals surface area contributed by atoms with Crippen molar-refractivity contribution in [1.29, 1.82) is 0 Å². The van der Waals surface area contributed by atoms with Gasteiger partial charge in [-0.05, 0) is 70.8 Å². The van der Waals surface area contributed by atoms with E-state index in [-0.39, 0.29) is 30.4 Å². The molecule has 8 nitrogen and oxygen atoms in total. The molecule has 0 aromatic heterocycles. The number of anilines is 2. The van der Waals surface area contributed by atoms with Crippen LogP contribution in [0.4, 0.5) is 11.4 Å². The largest absolute Gasteiger partial charge is 0.484 e. The van der Waals surface area contributed by atoms with Crippen molar-refractivity contribution < 1.29 is 19.1 Å². The van der Waals surface area contributed by atoms with Crippen molar-refractivity contribution in [3.8, 4) is 11.5 Å². The van der Waals surface area contributed by atoms with Crippen molar-refractivity contribution in [2.24, 2.45) is 0 Å². The molecule has 212 valence electrons. The Balaban J connectivity index is 1.23. The monoisotopic (exact) mass is 552 g/mol. The van der Waals surface area contributed by atoms with Crippen molar-refractivity contribution in [1.82, 2.24) is 10.6 Å². The Bertz CT molecular complexity index is 1320. The van der Waals surface area contributed by atoms with E-state index in [2.05, 4.69) is 24.5 Å². The van der Waals surface area contributed by atoms with Crippen LogP contribution in [0.2, 0.25) is 0 Å². The molecule has 0 unspecified atom stereocenters. The molecule has 0 atom stereocenters. The number of ether oxygens (including phenoxy) is 2. The first-order valence-electron chi connectivity index (χ1n) is 13.4. The van der Waals surface area contributed by atoms with Gasteiger partial charge in [0.2, 0.25) is 0 Å². The van der Waals surface area contributed by atoms with Gasteiger partial charge in [0.25, 0.3) is 11.8 Å². The lowest BCUT2D eigenvalue weighted by atomic mass is 9.78. The van der Waals surface area contributed by atoms with Crippen LogP contribution in [0.25, 0.3) is 0 Å². The van der Waals surface area contributed by atoms with Gasteiger partial charge in [0.1, 0.15) is 11.5 Å². The summed E-state index contributed by atoms with van der Waals surface area (Å²) in [5.74, 6) is 0.830. The van der Waals surface area contributed by atoms with Gasteiger partial charge in [0.15, 0.2) is 13.2 Å². The predicted octanol–water partition coefficient (Wildman–Crippen LogP) is 4.57. The summed E-state index contributed by atoms with van der Waals surface area (Å²) in [7, 11) is 0. The molecule has 4 rings (SSSR count). The van der Waals surface area contributed by atoms with E-state index in [0.29, 0.717) is 36.0 Å². The fourth-order valence-corrected chi connectivity index (χ4v) is 4.17. The molecule has 0 aliphatic heterocycles. The summed E-state index contributed by atoms with van der Waals surface area (Å²) in [5.41, 5.74) is 16.6. The van der Waals surface area contributed by atoms with Crippen LogP contribution in [-0.2, 0) is 28.1 Å². The van der Waals surface area contributed by atoms with Gasteiger partial charge in [-0.1, -0.05) is 62.4 Å². The van der Waals surface area contributed by atoms with Crippen molar-refractivity contribution in [3.63, 3.8) is 0 Å². The Morgan fingerprint density at radius 3 is 1.27 bits per heavy atom. The highest BCUT2D eigenvalue weighted by molar-refractivity contribution is 5.78. The summed E-state index contributed by atoms with van der Waals surface area (Å²) in [6.07, 6.45) is 0. The van der Waals surface area contributed by atoms with Crippen LogP contribution in [0.1, 0.15) is 36.1 Å². The average molecular weight is 553 g/mol. The summed E-state index contributed by atoms with van der Waals surface area (Å²) in [6, 6.07) is 30.2. The minimum atomic E-state index is -0.288. The average Bonchev–Trinajstić information content (AvgIpc) is 2.99. The molecular weight excluding hydrogens is 516 g/mol. The van der Waals surface area contributed by atoms with Crippen LogP contribution in [0, 0.1) is 0 Å². The fraction of sp³-hybridized carbons (Fsp3) is 0.212. The highest BCUT2D eigenvalue weighted by Crippen LogP contribution is 2.33. The second-order valence-corrected chi connectivity index (χ2v) is 10.3. The molecule has 2 amide bonds. The van der Waals surface area contributed by atoms with Gasteiger partial charge in [0.05, 0.1) is 0 Å². The molecule has 41 heavy (non-hydrogen) atoms. The summed E-state index contributed by atoms with van der Waals surface area (Å²) >= 11 is 0. The lowest BCUT2D eigenvalue weighted by Gasteiger charge is -2.26. The molecule has 4 aromatic carbocycles. The number of carbonyl (C=O) groups excluding carboxylic acids is 2. The lowest BCUT2D eigenvalue weighted by Crippen LogP contribution is -2.28. The summed E-state index contributed by atoms with van der Waals surface area (Å²) < 4.78 is 11.3. The minimum Gasteiger partial charge on any atom is -0.484 e. The molecule has 0 aliphatic rings. The Hall–Kier alpha value is -4.98. The normalized spacial score (nSPS) is 11.0. The molecule has 0 spiro atoms. The Morgan fingerprint density at radius 2 is 0.927 bits per heavy atom. The van der Waals surface area contributed by atoms with Gasteiger partial charge < -0.3 is 31.6 Å². The number of nitrogens with two attached hydrogens (primary N) is 2. The fourth-order valence-electron chi connectivity index (χ4n) is 4.17. The van der Waals surface area contributed by atoms with E-state index in [0.717, 1.165) is 22.3 Å². The molecule has 4 aromatic rings. The number of rotatable bonds is 12. The van der Waals surface area contributed by atoms with Gasteiger partial charge in [-0.2, -0.15) is 0 Å². The third kappa shape index (κ3) is 8.50. The summed E-state index contributed by atoms with van der Waals surface area (Å²) in [6.45, 7) is 4.95. The van der Waals surface area contributed by atoms with E-state index in [1.54, 1.807) is 24.3 Å². The number of carbonyl (C=O) groups is 2. The molecule has 0 bridgehead atoms. The van der Waals surface area contributed by atoms with E-state index >= 15 is 0 Å². The number of amides is 2. The third-order valence-electron chi connectivity index (χ3n) is 6.83. The topological polar surface area (TPSA) is 129 Å². The van der Waals surface area contributed by atoms with Crippen LogP contribution in [0.5, 0.6) is 11.5 Å². The molecule has 0 heterocycles. The van der Waals surface area contributed by atoms with Crippen molar-refractivity contribution in [2.75, 3.05) is 24.7 Å². The minimum absolute atomic E-state index is 0.0709. The summed E-state index contributed by atoms with van der Waals surface area (Å²) in [4.78, 5) is 24.4. The number of nitrogen functional groups attached to an aromatic ring is 2. The molecule has 8 heteroatoms. The SMILES string of the molecule is CC(C)(c1ccc(OCC(=O)NCc2ccc(N)cc2)cc1)c1ccc(OCC(=O)NCc2ccc(N)cc2)cc1. The van der Waals surface area contributed by atoms with Crippen molar-refractivity contribution >= 4 is 23.2 Å². The van der Waals surface area contributed by atoms with Gasteiger partial charge in [-0.25, -0.2) is 0 Å². The van der Waals surface area contributed by atoms with E-state index in [1.165, 1.54) is 0 Å². The molecule has 0 aliphatic carbocycles. The highest BCUT2D eigenvalue weighted by atomic mass is 16.5. The first-order chi connectivity index (χ1) is 19.7. The van der Waals surface area contributed by atoms with E-state index < -0.39 is 0 Å². The molecule has 6 N–H and O–H groups in total. The smallest absolute Gasteiger partial charge is 0.258 e.